The lowest BCUT2D eigenvalue weighted by atomic mass is 9.87. The zero-order valence-corrected chi connectivity index (χ0v) is 18.3. The van der Waals surface area contributed by atoms with Crippen LogP contribution in [-0.2, 0) is 19.6 Å². The number of imide groups is 1. The summed E-state index contributed by atoms with van der Waals surface area (Å²) >= 11 is 0. The highest BCUT2D eigenvalue weighted by Gasteiger charge is 2.52. The molecule has 0 aromatic heterocycles. The van der Waals surface area contributed by atoms with Gasteiger partial charge in [-0.3, -0.25) is 14.5 Å². The van der Waals surface area contributed by atoms with Crippen molar-refractivity contribution in [2.45, 2.75) is 44.0 Å². The van der Waals surface area contributed by atoms with E-state index in [4.69, 9.17) is 0 Å². The molecule has 1 aromatic carbocycles. The number of benzene rings is 1. The van der Waals surface area contributed by atoms with Crippen LogP contribution < -0.4 is 10.0 Å². The summed E-state index contributed by atoms with van der Waals surface area (Å²) in [6.45, 7) is 7.68. The van der Waals surface area contributed by atoms with E-state index in [-0.39, 0.29) is 4.90 Å². The van der Waals surface area contributed by atoms with Crippen LogP contribution in [0.15, 0.2) is 29.2 Å². The van der Waals surface area contributed by atoms with Gasteiger partial charge in [0.1, 0.15) is 12.1 Å². The summed E-state index contributed by atoms with van der Waals surface area (Å²) in [6.07, 6.45) is 0.925. The Morgan fingerprint density at radius 1 is 1.17 bits per heavy atom. The lowest BCUT2D eigenvalue weighted by molar-refractivity contribution is -0.135. The van der Waals surface area contributed by atoms with Gasteiger partial charge >= 0.3 is 6.03 Å². The molecule has 1 spiro atoms. The Balaban J connectivity index is 1.63. The van der Waals surface area contributed by atoms with Crippen molar-refractivity contribution >= 4 is 27.9 Å². The van der Waals surface area contributed by atoms with Crippen molar-refractivity contribution in [2.24, 2.45) is 5.92 Å². The minimum Gasteiger partial charge on any atom is -0.323 e. The molecule has 2 aliphatic heterocycles. The van der Waals surface area contributed by atoms with Crippen molar-refractivity contribution in [3.8, 4) is 0 Å². The molecule has 30 heavy (non-hydrogen) atoms. The number of sulfonamides is 1. The standard InChI is InChI=1S/C20H28N4O5S/c1-14(2)12-23-10-8-20(9-11-23)18(26)24(19(27)21-20)13-17(25)22-30(28,29)16-6-4-15(3)5-7-16/h4-7,14H,8-13H2,1-3H3,(H,21,27)(H,22,25). The highest BCUT2D eigenvalue weighted by molar-refractivity contribution is 7.90. The summed E-state index contributed by atoms with van der Waals surface area (Å²) in [5, 5.41) is 2.73. The van der Waals surface area contributed by atoms with E-state index in [1.54, 1.807) is 12.1 Å². The van der Waals surface area contributed by atoms with Crippen LogP contribution in [-0.4, -0.2) is 67.8 Å². The SMILES string of the molecule is Cc1ccc(S(=O)(=O)NC(=O)CN2C(=O)NC3(CCN(CC(C)C)CC3)C2=O)cc1. The van der Waals surface area contributed by atoms with Crippen molar-refractivity contribution in [2.75, 3.05) is 26.2 Å². The molecule has 0 bridgehead atoms. The minimum atomic E-state index is -4.08. The summed E-state index contributed by atoms with van der Waals surface area (Å²) in [4.78, 5) is 40.6. The van der Waals surface area contributed by atoms with Crippen molar-refractivity contribution in [3.63, 3.8) is 0 Å². The third-order valence-corrected chi connectivity index (χ3v) is 6.85. The quantitative estimate of drug-likeness (QED) is 0.639. The first kappa shape index (κ1) is 22.2. The number of carbonyl (C=O) groups is 3. The molecule has 2 fully saturated rings. The van der Waals surface area contributed by atoms with Gasteiger partial charge in [-0.2, -0.15) is 0 Å². The average molecular weight is 437 g/mol. The van der Waals surface area contributed by atoms with Gasteiger partial charge < -0.3 is 10.2 Å². The highest BCUT2D eigenvalue weighted by Crippen LogP contribution is 2.29. The number of carbonyl (C=O) groups excluding carboxylic acids is 3. The Labute approximate surface area is 176 Å². The van der Waals surface area contributed by atoms with Crippen LogP contribution in [0.2, 0.25) is 0 Å². The van der Waals surface area contributed by atoms with Gasteiger partial charge in [-0.1, -0.05) is 31.5 Å². The first-order valence-electron chi connectivity index (χ1n) is 10.0. The fraction of sp³-hybridized carbons (Fsp3) is 0.550. The van der Waals surface area contributed by atoms with E-state index in [9.17, 15) is 22.8 Å². The Morgan fingerprint density at radius 3 is 2.33 bits per heavy atom. The molecular weight excluding hydrogens is 408 g/mol. The van der Waals surface area contributed by atoms with E-state index in [1.807, 2.05) is 11.6 Å². The number of amides is 4. The second kappa shape index (κ2) is 8.35. The predicted molar refractivity (Wildman–Crippen MR) is 110 cm³/mol. The maximum atomic E-state index is 12.9. The van der Waals surface area contributed by atoms with Crippen LogP contribution in [0.25, 0.3) is 0 Å². The molecule has 1 aromatic rings. The zero-order valence-electron chi connectivity index (χ0n) is 17.5. The number of nitrogens with zero attached hydrogens (tertiary/aromatic N) is 2. The number of urea groups is 1. The smallest absolute Gasteiger partial charge is 0.323 e. The highest BCUT2D eigenvalue weighted by atomic mass is 32.2. The largest absolute Gasteiger partial charge is 0.325 e. The summed E-state index contributed by atoms with van der Waals surface area (Å²) in [5.74, 6) is -0.906. The molecule has 9 nitrogen and oxygen atoms in total. The van der Waals surface area contributed by atoms with Crippen molar-refractivity contribution in [1.29, 1.82) is 0 Å². The molecule has 0 radical (unpaired) electrons. The number of rotatable bonds is 6. The van der Waals surface area contributed by atoms with Gasteiger partial charge in [0.25, 0.3) is 21.8 Å². The number of likely N-dealkylation sites (tertiary alicyclic amines) is 1. The van der Waals surface area contributed by atoms with E-state index in [0.717, 1.165) is 17.0 Å². The monoisotopic (exact) mass is 436 g/mol. The van der Waals surface area contributed by atoms with Crippen LogP contribution >= 0.6 is 0 Å². The third-order valence-electron chi connectivity index (χ3n) is 5.46. The predicted octanol–water partition coefficient (Wildman–Crippen LogP) is 0.842. The van der Waals surface area contributed by atoms with Gasteiger partial charge in [-0.25, -0.2) is 17.9 Å². The maximum absolute atomic E-state index is 12.9. The zero-order chi connectivity index (χ0) is 22.1. The number of aryl methyl sites for hydroxylation is 1. The summed E-state index contributed by atoms with van der Waals surface area (Å²) < 4.78 is 26.7. The first-order chi connectivity index (χ1) is 14.0. The second-order valence-corrected chi connectivity index (χ2v) is 10.1. The molecule has 0 saturated carbocycles. The van der Waals surface area contributed by atoms with Crippen LogP contribution in [0.5, 0.6) is 0 Å². The molecule has 2 saturated heterocycles. The number of nitrogens with one attached hydrogen (secondary N) is 2. The molecule has 2 N–H and O–H groups in total. The van der Waals surface area contributed by atoms with E-state index >= 15 is 0 Å². The summed E-state index contributed by atoms with van der Waals surface area (Å²) in [7, 11) is -4.08. The Morgan fingerprint density at radius 2 is 1.77 bits per heavy atom. The molecule has 3 rings (SSSR count). The maximum Gasteiger partial charge on any atom is 0.325 e. The molecule has 0 atom stereocenters. The van der Waals surface area contributed by atoms with E-state index < -0.39 is 40.0 Å². The Kier molecular flexibility index (Phi) is 6.19. The summed E-state index contributed by atoms with van der Waals surface area (Å²) in [6, 6.07) is 5.34. The van der Waals surface area contributed by atoms with Crippen molar-refractivity contribution < 1.29 is 22.8 Å². The molecule has 2 aliphatic rings. The Bertz CT molecular complexity index is 934. The lowest BCUT2D eigenvalue weighted by Gasteiger charge is -2.37. The molecular formula is C20H28N4O5S. The fourth-order valence-corrected chi connectivity index (χ4v) is 4.87. The van der Waals surface area contributed by atoms with Gasteiger partial charge in [-0.15, -0.1) is 0 Å². The topological polar surface area (TPSA) is 116 Å². The lowest BCUT2D eigenvalue weighted by Crippen LogP contribution is -2.55. The molecule has 4 amide bonds. The van der Waals surface area contributed by atoms with Gasteiger partial charge in [0.2, 0.25) is 0 Å². The molecule has 10 heteroatoms. The van der Waals surface area contributed by atoms with Crippen LogP contribution in [0, 0.1) is 12.8 Å². The van der Waals surface area contributed by atoms with Crippen LogP contribution in [0.4, 0.5) is 4.79 Å². The third kappa shape index (κ3) is 4.65. The van der Waals surface area contributed by atoms with Gasteiger partial charge in [0.15, 0.2) is 0 Å². The molecule has 2 heterocycles. The Hall–Kier alpha value is -2.46. The first-order valence-corrected chi connectivity index (χ1v) is 11.5. The normalized spacial score (nSPS) is 19.4. The number of piperidine rings is 1. The van der Waals surface area contributed by atoms with Crippen molar-refractivity contribution in [3.05, 3.63) is 29.8 Å². The number of hydrogen-bond donors (Lipinski definition) is 2. The van der Waals surface area contributed by atoms with E-state index in [2.05, 4.69) is 24.1 Å². The van der Waals surface area contributed by atoms with Gasteiger partial charge in [0, 0.05) is 19.6 Å². The summed E-state index contributed by atoms with van der Waals surface area (Å²) in [5.41, 5.74) is -0.134. The van der Waals surface area contributed by atoms with Gasteiger partial charge in [0.05, 0.1) is 4.90 Å². The van der Waals surface area contributed by atoms with Crippen LogP contribution in [0.3, 0.4) is 0 Å². The van der Waals surface area contributed by atoms with Crippen molar-refractivity contribution in [1.82, 2.24) is 19.8 Å². The average Bonchev–Trinajstić information content (AvgIpc) is 2.87. The molecule has 0 aliphatic carbocycles. The molecule has 164 valence electrons. The van der Waals surface area contributed by atoms with E-state index in [0.29, 0.717) is 31.8 Å². The molecule has 0 unspecified atom stereocenters. The van der Waals surface area contributed by atoms with E-state index in [1.165, 1.54) is 12.1 Å². The second-order valence-electron chi connectivity index (χ2n) is 8.44. The minimum absolute atomic E-state index is 0.0624. The van der Waals surface area contributed by atoms with Crippen LogP contribution in [0.1, 0.15) is 32.3 Å². The van der Waals surface area contributed by atoms with Gasteiger partial charge in [-0.05, 0) is 37.8 Å². The number of hydrogen-bond acceptors (Lipinski definition) is 6. The fourth-order valence-electron chi connectivity index (χ4n) is 3.89.